The van der Waals surface area contributed by atoms with Gasteiger partial charge in [0.1, 0.15) is 10.7 Å². The largest absolute Gasteiger partial charge is 0.249 e. The number of halogens is 1. The third-order valence-corrected chi connectivity index (χ3v) is 1.86. The van der Waals surface area contributed by atoms with E-state index in [0.717, 1.165) is 16.9 Å². The average molecular weight is 213 g/mol. The van der Waals surface area contributed by atoms with Gasteiger partial charge >= 0.3 is 0 Å². The molecule has 0 saturated carbocycles. The van der Waals surface area contributed by atoms with Crippen molar-refractivity contribution in [3.8, 4) is 0 Å². The Morgan fingerprint density at radius 2 is 2.00 bits per heavy atom. The van der Waals surface area contributed by atoms with Crippen LogP contribution in [-0.2, 0) is 7.05 Å². The first-order chi connectivity index (χ1) is 6.68. The number of aromatic nitrogens is 4. The summed E-state index contributed by atoms with van der Waals surface area (Å²) in [5, 5.41) is 4.56. The maximum Gasteiger partial charge on any atom is 0.178 e. The molecule has 0 aromatic carbocycles. The van der Waals surface area contributed by atoms with Gasteiger partial charge in [-0.1, -0.05) is 25.4 Å². The van der Waals surface area contributed by atoms with Crippen LogP contribution in [0.2, 0.25) is 5.15 Å². The van der Waals surface area contributed by atoms with Crippen LogP contribution < -0.4 is 0 Å². The second-order valence-corrected chi connectivity index (χ2v) is 2.96. The van der Waals surface area contributed by atoms with E-state index in [2.05, 4.69) is 15.1 Å². The standard InChI is InChI=1S/C7H7ClN4.C2H6/c1-4-6-7(12(2)11-4)10-5(8)3-9-6;1-2/h3H,1-2H3;1-2H3. The van der Waals surface area contributed by atoms with Crippen LogP contribution in [0.4, 0.5) is 0 Å². The van der Waals surface area contributed by atoms with Crippen molar-refractivity contribution in [2.24, 2.45) is 7.05 Å². The van der Waals surface area contributed by atoms with Crippen molar-refractivity contribution in [1.82, 2.24) is 19.7 Å². The van der Waals surface area contributed by atoms with Gasteiger partial charge in [-0.25, -0.2) is 14.6 Å². The Labute approximate surface area is 87.9 Å². The van der Waals surface area contributed by atoms with E-state index in [0.29, 0.717) is 5.15 Å². The Hall–Kier alpha value is -1.16. The van der Waals surface area contributed by atoms with Gasteiger partial charge in [0.05, 0.1) is 11.9 Å². The van der Waals surface area contributed by atoms with Crippen molar-refractivity contribution in [3.63, 3.8) is 0 Å². The molecule has 0 atom stereocenters. The predicted molar refractivity (Wildman–Crippen MR) is 57.4 cm³/mol. The Morgan fingerprint density at radius 1 is 1.36 bits per heavy atom. The predicted octanol–water partition coefficient (Wildman–Crippen LogP) is 2.35. The van der Waals surface area contributed by atoms with Crippen LogP contribution in [0.1, 0.15) is 19.5 Å². The van der Waals surface area contributed by atoms with Crippen LogP contribution in [0.5, 0.6) is 0 Å². The Balaban J connectivity index is 0.000000461. The van der Waals surface area contributed by atoms with E-state index in [1.165, 1.54) is 6.20 Å². The highest BCUT2D eigenvalue weighted by atomic mass is 35.5. The van der Waals surface area contributed by atoms with E-state index < -0.39 is 0 Å². The maximum atomic E-state index is 5.69. The molecule has 0 aliphatic carbocycles. The number of aryl methyl sites for hydroxylation is 2. The molecule has 0 saturated heterocycles. The minimum atomic E-state index is 0.394. The van der Waals surface area contributed by atoms with Crippen LogP contribution in [0.3, 0.4) is 0 Å². The third kappa shape index (κ3) is 1.85. The van der Waals surface area contributed by atoms with Gasteiger partial charge in [-0.3, -0.25) is 0 Å². The minimum Gasteiger partial charge on any atom is -0.249 e. The van der Waals surface area contributed by atoms with Crippen molar-refractivity contribution < 1.29 is 0 Å². The highest BCUT2D eigenvalue weighted by Gasteiger charge is 2.06. The van der Waals surface area contributed by atoms with Crippen LogP contribution in [0, 0.1) is 6.92 Å². The topological polar surface area (TPSA) is 43.6 Å². The van der Waals surface area contributed by atoms with Gasteiger partial charge in [0.25, 0.3) is 0 Å². The van der Waals surface area contributed by atoms with Crippen molar-refractivity contribution >= 4 is 22.8 Å². The van der Waals surface area contributed by atoms with Crippen LogP contribution in [-0.4, -0.2) is 19.7 Å². The van der Waals surface area contributed by atoms with E-state index in [1.807, 2.05) is 27.8 Å². The molecule has 2 aromatic heterocycles. The number of nitrogens with zero attached hydrogens (tertiary/aromatic N) is 4. The lowest BCUT2D eigenvalue weighted by Crippen LogP contribution is -1.92. The van der Waals surface area contributed by atoms with Gasteiger partial charge in [0.15, 0.2) is 5.65 Å². The molecule has 0 aliphatic heterocycles. The normalized spacial score (nSPS) is 9.79. The molecule has 0 fully saturated rings. The molecule has 0 radical (unpaired) electrons. The van der Waals surface area contributed by atoms with Crippen molar-refractivity contribution in [1.29, 1.82) is 0 Å². The van der Waals surface area contributed by atoms with E-state index in [-0.39, 0.29) is 0 Å². The molecule has 0 amide bonds. The highest BCUT2D eigenvalue weighted by Crippen LogP contribution is 2.14. The molecule has 14 heavy (non-hydrogen) atoms. The monoisotopic (exact) mass is 212 g/mol. The second kappa shape index (κ2) is 4.37. The zero-order valence-corrected chi connectivity index (χ0v) is 9.50. The Kier molecular flexibility index (Phi) is 3.41. The summed E-state index contributed by atoms with van der Waals surface area (Å²) >= 11 is 5.69. The van der Waals surface area contributed by atoms with E-state index in [9.17, 15) is 0 Å². The summed E-state index contributed by atoms with van der Waals surface area (Å²) in [7, 11) is 1.82. The first-order valence-electron chi connectivity index (χ1n) is 4.50. The Bertz CT molecular complexity index is 436. The molecule has 0 spiro atoms. The summed E-state index contributed by atoms with van der Waals surface area (Å²) < 4.78 is 1.67. The molecule has 4 nitrogen and oxygen atoms in total. The quantitative estimate of drug-likeness (QED) is 0.673. The molecule has 2 aromatic rings. The third-order valence-electron chi connectivity index (χ3n) is 1.67. The molecule has 2 rings (SSSR count). The molecular formula is C9H13ClN4. The number of hydrogen-bond acceptors (Lipinski definition) is 3. The SMILES string of the molecule is CC.Cc1nn(C)c2nc(Cl)cnc12. The zero-order chi connectivity index (χ0) is 10.7. The smallest absolute Gasteiger partial charge is 0.178 e. The fraction of sp³-hybridized carbons (Fsp3) is 0.444. The Morgan fingerprint density at radius 3 is 2.64 bits per heavy atom. The molecular weight excluding hydrogens is 200 g/mol. The molecule has 76 valence electrons. The fourth-order valence-corrected chi connectivity index (χ4v) is 1.29. The first-order valence-corrected chi connectivity index (χ1v) is 4.88. The number of fused-ring (bicyclic) bond motifs is 1. The van der Waals surface area contributed by atoms with Crippen molar-refractivity contribution in [3.05, 3.63) is 17.0 Å². The molecule has 0 bridgehead atoms. The molecule has 2 heterocycles. The summed E-state index contributed by atoms with van der Waals surface area (Å²) in [5.41, 5.74) is 2.40. The van der Waals surface area contributed by atoms with Gasteiger partial charge in [0, 0.05) is 7.05 Å². The van der Waals surface area contributed by atoms with Crippen LogP contribution >= 0.6 is 11.6 Å². The summed E-state index contributed by atoms with van der Waals surface area (Å²) in [6.45, 7) is 5.89. The van der Waals surface area contributed by atoms with E-state index in [1.54, 1.807) is 4.68 Å². The van der Waals surface area contributed by atoms with Gasteiger partial charge < -0.3 is 0 Å². The van der Waals surface area contributed by atoms with Gasteiger partial charge in [-0.05, 0) is 6.92 Å². The maximum absolute atomic E-state index is 5.69. The summed E-state index contributed by atoms with van der Waals surface area (Å²) in [6.07, 6.45) is 1.53. The molecule has 0 N–H and O–H groups in total. The lowest BCUT2D eigenvalue weighted by Gasteiger charge is -1.91. The average Bonchev–Trinajstić information content (AvgIpc) is 2.46. The van der Waals surface area contributed by atoms with Crippen molar-refractivity contribution in [2.45, 2.75) is 20.8 Å². The van der Waals surface area contributed by atoms with Gasteiger partial charge in [-0.2, -0.15) is 5.10 Å². The van der Waals surface area contributed by atoms with Crippen molar-refractivity contribution in [2.75, 3.05) is 0 Å². The summed E-state index contributed by atoms with van der Waals surface area (Å²) in [6, 6.07) is 0. The van der Waals surface area contributed by atoms with Gasteiger partial charge in [-0.15, -0.1) is 0 Å². The number of hydrogen-bond donors (Lipinski definition) is 0. The molecule has 5 heteroatoms. The van der Waals surface area contributed by atoms with Crippen LogP contribution in [0.25, 0.3) is 11.2 Å². The first kappa shape index (κ1) is 10.9. The fourth-order valence-electron chi connectivity index (χ4n) is 1.16. The van der Waals surface area contributed by atoms with E-state index >= 15 is 0 Å². The van der Waals surface area contributed by atoms with E-state index in [4.69, 9.17) is 11.6 Å². The minimum absolute atomic E-state index is 0.394. The summed E-state index contributed by atoms with van der Waals surface area (Å²) in [4.78, 5) is 8.22. The summed E-state index contributed by atoms with van der Waals surface area (Å²) in [5.74, 6) is 0. The second-order valence-electron chi connectivity index (χ2n) is 2.57. The lowest BCUT2D eigenvalue weighted by atomic mass is 10.4. The highest BCUT2D eigenvalue weighted by molar-refractivity contribution is 6.29. The van der Waals surface area contributed by atoms with Crippen LogP contribution in [0.15, 0.2) is 6.20 Å². The zero-order valence-electron chi connectivity index (χ0n) is 8.74. The molecule has 0 aliphatic rings. The lowest BCUT2D eigenvalue weighted by molar-refractivity contribution is 0.774. The number of rotatable bonds is 0. The van der Waals surface area contributed by atoms with Gasteiger partial charge in [0.2, 0.25) is 0 Å². The molecule has 0 unspecified atom stereocenters.